The van der Waals surface area contributed by atoms with E-state index in [4.69, 9.17) is 11.6 Å². The number of aromatic hydroxyl groups is 5. The fourth-order valence-electron chi connectivity index (χ4n) is 5.79. The Hall–Kier alpha value is -6.38. The van der Waals surface area contributed by atoms with Crippen LogP contribution in [0, 0.1) is 27.7 Å². The van der Waals surface area contributed by atoms with Crippen LogP contribution in [-0.4, -0.2) is 44.2 Å². The van der Waals surface area contributed by atoms with Gasteiger partial charge in [0.05, 0.1) is 10.7 Å². The summed E-state index contributed by atoms with van der Waals surface area (Å²) in [5, 5.41) is 49.6. The van der Waals surface area contributed by atoms with Gasteiger partial charge in [-0.3, -0.25) is 15.0 Å². The van der Waals surface area contributed by atoms with E-state index in [1.807, 2.05) is 81.4 Å². The molecule has 0 saturated heterocycles. The lowest BCUT2D eigenvalue weighted by Gasteiger charge is -2.19. The van der Waals surface area contributed by atoms with Crippen LogP contribution in [0.25, 0.3) is 0 Å². The summed E-state index contributed by atoms with van der Waals surface area (Å²) in [6.07, 6.45) is 4.77. The number of aliphatic imine (C=N–C) groups is 3. The lowest BCUT2D eigenvalue weighted by atomic mass is 9.87. The summed E-state index contributed by atoms with van der Waals surface area (Å²) in [7, 11) is 0. The maximum absolute atomic E-state index is 9.97. The van der Waals surface area contributed by atoms with Crippen molar-refractivity contribution in [2.45, 2.75) is 87.5 Å². The van der Waals surface area contributed by atoms with Crippen LogP contribution in [0.5, 0.6) is 28.7 Å². The van der Waals surface area contributed by atoms with Gasteiger partial charge in [-0.05, 0) is 128 Å². The number of benzene rings is 6. The maximum atomic E-state index is 9.97. The molecule has 5 N–H and O–H groups in total. The third-order valence-electron chi connectivity index (χ3n) is 9.42. The van der Waals surface area contributed by atoms with E-state index in [-0.39, 0.29) is 52.0 Å². The van der Waals surface area contributed by atoms with Crippen molar-refractivity contribution in [1.82, 2.24) is 0 Å². The minimum atomic E-state index is -0.0350. The fourth-order valence-corrected chi connectivity index (χ4v) is 6.07. The summed E-state index contributed by atoms with van der Waals surface area (Å²) < 4.78 is 0. The van der Waals surface area contributed by atoms with Gasteiger partial charge in [-0.1, -0.05) is 114 Å². The molecule has 0 radical (unpaired) electrons. The molecule has 0 aliphatic heterocycles. The van der Waals surface area contributed by atoms with Crippen LogP contribution in [0.2, 0.25) is 5.02 Å². The Kier molecular flexibility index (Phi) is 17.1. The largest absolute Gasteiger partial charge is 0.507 e. The molecule has 0 bridgehead atoms. The monoisotopic (exact) mass is 841 g/mol. The van der Waals surface area contributed by atoms with Crippen molar-refractivity contribution < 1.29 is 25.5 Å². The van der Waals surface area contributed by atoms with Crippen LogP contribution in [-0.2, 0) is 10.8 Å². The van der Waals surface area contributed by atoms with Gasteiger partial charge in [0, 0.05) is 35.3 Å². The first-order valence-electron chi connectivity index (χ1n) is 19.6. The molecule has 0 heterocycles. The first-order chi connectivity index (χ1) is 28.1. The fraction of sp³-hybridized carbons (Fsp3) is 0.250. The van der Waals surface area contributed by atoms with Gasteiger partial charge < -0.3 is 25.5 Å². The third-order valence-corrected chi connectivity index (χ3v) is 9.71. The summed E-state index contributed by atoms with van der Waals surface area (Å²) in [5.74, 6) is 0.646. The molecule has 320 valence electrons. The minimum Gasteiger partial charge on any atom is -0.507 e. The van der Waals surface area contributed by atoms with Crippen LogP contribution >= 0.6 is 11.6 Å². The van der Waals surface area contributed by atoms with Gasteiger partial charge in [-0.15, -0.1) is 0 Å². The van der Waals surface area contributed by atoms with Crippen molar-refractivity contribution in [3.8, 4) is 28.7 Å². The minimum absolute atomic E-state index is 0. The first kappa shape index (κ1) is 49.0. The number of phenolic OH excluding ortho intramolecular Hbond substituents is 5. The predicted octanol–water partition coefficient (Wildman–Crippen LogP) is 14.0. The number of phenols is 5. The zero-order valence-electron chi connectivity index (χ0n) is 36.1. The lowest BCUT2D eigenvalue weighted by molar-refractivity contribution is 0.473. The smallest absolute Gasteiger partial charge is 0.142 e. The average Bonchev–Trinajstić information content (AvgIpc) is 3.17. The maximum Gasteiger partial charge on any atom is 0.142 e. The molecule has 0 amide bonds. The second-order valence-corrected chi connectivity index (χ2v) is 17.2. The molecule has 6 rings (SSSR count). The Morgan fingerprint density at radius 2 is 0.885 bits per heavy atom. The Labute approximate surface area is 367 Å². The molecule has 9 heteroatoms. The molecule has 0 aromatic heterocycles. The summed E-state index contributed by atoms with van der Waals surface area (Å²) in [6, 6.07) is 32.9. The van der Waals surface area contributed by atoms with E-state index < -0.39 is 0 Å². The van der Waals surface area contributed by atoms with E-state index in [0.717, 1.165) is 39.1 Å². The molecule has 0 aliphatic carbocycles. The van der Waals surface area contributed by atoms with Crippen LogP contribution in [0.15, 0.2) is 124 Å². The van der Waals surface area contributed by atoms with E-state index in [1.165, 1.54) is 11.8 Å². The second-order valence-electron chi connectivity index (χ2n) is 16.8. The Morgan fingerprint density at radius 3 is 1.43 bits per heavy atom. The highest BCUT2D eigenvalue weighted by Gasteiger charge is 2.16. The number of hydrogen-bond acceptors (Lipinski definition) is 8. The molecular formula is C52H60ClN3O5. The highest BCUT2D eigenvalue weighted by Crippen LogP contribution is 2.35. The number of nitrogens with zero attached hydrogens (tertiary/aromatic N) is 3. The summed E-state index contributed by atoms with van der Waals surface area (Å²) in [4.78, 5) is 13.0. The molecule has 6 aromatic carbocycles. The average molecular weight is 843 g/mol. The Morgan fingerprint density at radius 1 is 0.443 bits per heavy atom. The topological polar surface area (TPSA) is 138 Å². The molecule has 0 saturated carbocycles. The van der Waals surface area contributed by atoms with Crippen LogP contribution < -0.4 is 0 Å². The van der Waals surface area contributed by atoms with Gasteiger partial charge in [-0.2, -0.15) is 0 Å². The first-order valence-corrected chi connectivity index (χ1v) is 19.9. The molecule has 0 atom stereocenters. The number of halogens is 1. The van der Waals surface area contributed by atoms with Crippen molar-refractivity contribution in [1.29, 1.82) is 0 Å². The Balaban J connectivity index is 0.000000244. The highest BCUT2D eigenvalue weighted by molar-refractivity contribution is 6.32. The Bertz CT molecular complexity index is 2530. The predicted molar refractivity (Wildman–Crippen MR) is 257 cm³/mol. The molecule has 0 unspecified atom stereocenters. The highest BCUT2D eigenvalue weighted by atomic mass is 35.5. The van der Waals surface area contributed by atoms with Gasteiger partial charge in [0.2, 0.25) is 0 Å². The van der Waals surface area contributed by atoms with Crippen molar-refractivity contribution in [3.05, 3.63) is 164 Å². The molecule has 6 aromatic rings. The number of rotatable bonds is 6. The second kappa shape index (κ2) is 21.2. The molecule has 0 fully saturated rings. The zero-order valence-corrected chi connectivity index (χ0v) is 36.8. The SMILES string of the molecule is C.Cc1cc(Cl)c(O)c(C=Nc2cc(C(C)(C)C)ccc2O)c1.Cc1ccc(N=Cc2ccccc2O)c(C)c1.Cc1ccc(O)c(C=Nc2cc(C(C)(C)C)ccc2O)c1. The van der Waals surface area contributed by atoms with Crippen molar-refractivity contribution in [2.75, 3.05) is 0 Å². The number of aryl methyl sites for hydroxylation is 4. The molecule has 0 aliphatic rings. The van der Waals surface area contributed by atoms with Crippen LogP contribution in [0.3, 0.4) is 0 Å². The van der Waals surface area contributed by atoms with Crippen LogP contribution in [0.4, 0.5) is 17.1 Å². The van der Waals surface area contributed by atoms with E-state index >= 15 is 0 Å². The number of hydrogen-bond donors (Lipinski definition) is 5. The van der Waals surface area contributed by atoms with Gasteiger partial charge in [0.1, 0.15) is 40.1 Å². The van der Waals surface area contributed by atoms with Crippen LogP contribution in [0.1, 0.15) is 99.0 Å². The van der Waals surface area contributed by atoms with Gasteiger partial charge in [0.15, 0.2) is 0 Å². The van der Waals surface area contributed by atoms with Crippen molar-refractivity contribution in [2.24, 2.45) is 15.0 Å². The lowest BCUT2D eigenvalue weighted by Crippen LogP contribution is -2.10. The van der Waals surface area contributed by atoms with E-state index in [2.05, 4.69) is 69.5 Å². The van der Waals surface area contributed by atoms with Crippen molar-refractivity contribution >= 4 is 47.3 Å². The molecule has 8 nitrogen and oxygen atoms in total. The quantitative estimate of drug-likeness (QED) is 0.106. The van der Waals surface area contributed by atoms with Crippen molar-refractivity contribution in [3.63, 3.8) is 0 Å². The summed E-state index contributed by atoms with van der Waals surface area (Å²) >= 11 is 5.96. The molecular weight excluding hydrogens is 782 g/mol. The standard InChI is InChI=1S/C18H20ClNO2.C18H21NO2.C15H15NO.CH4/c1-11-7-12(17(22)14(19)8-11)10-20-15-9-13(18(2,3)4)5-6-16(15)21;1-12-5-7-16(20)13(9-12)11-19-15-10-14(18(2,3)4)6-8-17(15)21;1-11-7-8-14(12(2)9-11)16-10-13-5-3-4-6-15(13)17;/h5-10,21-22H,1-4H3;5-11,20-21H,1-4H3;3-10,17H,1-2H3;1H4. The summed E-state index contributed by atoms with van der Waals surface area (Å²) in [6.45, 7) is 20.6. The van der Waals surface area contributed by atoms with Gasteiger partial charge in [0.25, 0.3) is 0 Å². The third kappa shape index (κ3) is 14.4. The zero-order chi connectivity index (χ0) is 44.4. The van der Waals surface area contributed by atoms with E-state index in [1.54, 1.807) is 54.9 Å². The summed E-state index contributed by atoms with van der Waals surface area (Å²) in [5.41, 5.74) is 10.2. The molecule has 0 spiro atoms. The normalized spacial score (nSPS) is 11.5. The van der Waals surface area contributed by atoms with Gasteiger partial charge >= 0.3 is 0 Å². The van der Waals surface area contributed by atoms with E-state index in [9.17, 15) is 25.5 Å². The van der Waals surface area contributed by atoms with Gasteiger partial charge in [-0.25, -0.2) is 0 Å². The number of para-hydroxylation sites is 1. The van der Waals surface area contributed by atoms with E-state index in [0.29, 0.717) is 22.5 Å². The molecule has 61 heavy (non-hydrogen) atoms.